The molecule has 8 heteroatoms. The molecule has 0 saturated heterocycles. The predicted octanol–water partition coefficient (Wildman–Crippen LogP) is 4.31. The van der Waals surface area contributed by atoms with E-state index in [0.29, 0.717) is 34.3 Å². The van der Waals surface area contributed by atoms with Gasteiger partial charge in [0, 0.05) is 11.9 Å². The van der Waals surface area contributed by atoms with E-state index < -0.39 is 5.97 Å². The summed E-state index contributed by atoms with van der Waals surface area (Å²) in [6, 6.07) is 18.4. The normalized spacial score (nSPS) is 10.9. The molecule has 2 heterocycles. The van der Waals surface area contributed by atoms with Gasteiger partial charge in [0.05, 0.1) is 22.5 Å². The van der Waals surface area contributed by atoms with Gasteiger partial charge in [0.1, 0.15) is 18.2 Å². The number of rotatable bonds is 8. The predicted molar refractivity (Wildman–Crippen MR) is 128 cm³/mol. The molecule has 8 nitrogen and oxygen atoms in total. The molecule has 0 unspecified atom stereocenters. The molecule has 0 radical (unpaired) electrons. The minimum atomic E-state index is -0.664. The molecule has 0 bridgehead atoms. The molecule has 0 aliphatic carbocycles. The summed E-state index contributed by atoms with van der Waals surface area (Å²) in [7, 11) is 0. The van der Waals surface area contributed by atoms with Gasteiger partial charge in [0.25, 0.3) is 5.56 Å². The van der Waals surface area contributed by atoms with Crippen LogP contribution in [0.4, 0.5) is 0 Å². The average Bonchev–Trinajstić information content (AvgIpc) is 3.19. The summed E-state index contributed by atoms with van der Waals surface area (Å²) in [5.41, 5.74) is 1.98. The molecule has 4 aromatic rings. The highest BCUT2D eigenvalue weighted by atomic mass is 16.5. The summed E-state index contributed by atoms with van der Waals surface area (Å²) in [6.45, 7) is 4.08. The van der Waals surface area contributed by atoms with Crippen molar-refractivity contribution in [1.29, 1.82) is 5.26 Å². The molecule has 172 valence electrons. The number of unbranched alkanes of at least 4 members (excludes halogenated alkanes) is 2. The van der Waals surface area contributed by atoms with E-state index in [-0.39, 0.29) is 17.9 Å². The Morgan fingerprint density at radius 2 is 1.74 bits per heavy atom. The van der Waals surface area contributed by atoms with Crippen molar-refractivity contribution in [1.82, 2.24) is 19.6 Å². The third-order valence-electron chi connectivity index (χ3n) is 5.64. The van der Waals surface area contributed by atoms with Gasteiger partial charge in [0.15, 0.2) is 5.69 Å². The van der Waals surface area contributed by atoms with Gasteiger partial charge in [-0.05, 0) is 31.5 Å². The third-order valence-corrected chi connectivity index (χ3v) is 5.64. The highest BCUT2D eigenvalue weighted by molar-refractivity contribution is 6.02. The molecule has 2 aromatic carbocycles. The van der Waals surface area contributed by atoms with Gasteiger partial charge in [0.2, 0.25) is 0 Å². The number of para-hydroxylation sites is 1. The van der Waals surface area contributed by atoms with Gasteiger partial charge in [-0.1, -0.05) is 56.2 Å². The van der Waals surface area contributed by atoms with Crippen molar-refractivity contribution in [3.8, 4) is 11.8 Å². The van der Waals surface area contributed by atoms with Crippen LogP contribution in [0.1, 0.15) is 53.6 Å². The minimum Gasteiger partial charge on any atom is -0.454 e. The molecule has 0 N–H and O–H groups in total. The second-order valence-corrected chi connectivity index (χ2v) is 7.97. The first kappa shape index (κ1) is 22.9. The summed E-state index contributed by atoms with van der Waals surface area (Å²) in [5, 5.41) is 19.3. The molecular formula is C26H25N5O3. The van der Waals surface area contributed by atoms with E-state index in [1.165, 1.54) is 4.68 Å². The smallest absolute Gasteiger partial charge is 0.359 e. The molecule has 0 saturated carbocycles. The second kappa shape index (κ2) is 10.1. The monoisotopic (exact) mass is 455 g/mol. The fourth-order valence-electron chi connectivity index (χ4n) is 3.89. The lowest BCUT2D eigenvalue weighted by atomic mass is 10.1. The Balaban J connectivity index is 1.68. The highest BCUT2D eigenvalue weighted by Gasteiger charge is 2.21. The second-order valence-electron chi connectivity index (χ2n) is 7.97. The standard InChI is InChI=1S/C26H25N5O3/c1-3-4-10-15-30-25(32)21-14-9-8-13-20(21)24(29-30)26(33)34-17-23-22(16-27)18(2)28-31(23)19-11-6-5-7-12-19/h5-9,11-14H,3-4,10,15,17H2,1-2H3. The van der Waals surface area contributed by atoms with Crippen LogP contribution in [0.5, 0.6) is 0 Å². The number of aryl methyl sites for hydroxylation is 2. The molecule has 2 aromatic heterocycles. The quantitative estimate of drug-likeness (QED) is 0.290. The molecule has 4 rings (SSSR count). The third kappa shape index (κ3) is 4.46. The lowest BCUT2D eigenvalue weighted by molar-refractivity contribution is 0.0457. The van der Waals surface area contributed by atoms with Gasteiger partial charge in [-0.3, -0.25) is 4.79 Å². The van der Waals surface area contributed by atoms with Crippen molar-refractivity contribution in [2.75, 3.05) is 0 Å². The van der Waals surface area contributed by atoms with Crippen LogP contribution in [0, 0.1) is 18.3 Å². The fourth-order valence-corrected chi connectivity index (χ4v) is 3.89. The number of ether oxygens (including phenoxy) is 1. The van der Waals surface area contributed by atoms with Crippen LogP contribution in [0.3, 0.4) is 0 Å². The molecule has 0 fully saturated rings. The number of nitrogens with zero attached hydrogens (tertiary/aromatic N) is 5. The Morgan fingerprint density at radius 3 is 2.44 bits per heavy atom. The van der Waals surface area contributed by atoms with Gasteiger partial charge in [-0.15, -0.1) is 0 Å². The number of esters is 1. The van der Waals surface area contributed by atoms with Crippen molar-refractivity contribution in [2.24, 2.45) is 0 Å². The van der Waals surface area contributed by atoms with E-state index in [4.69, 9.17) is 4.74 Å². The summed E-state index contributed by atoms with van der Waals surface area (Å²) < 4.78 is 8.58. The van der Waals surface area contributed by atoms with Gasteiger partial charge >= 0.3 is 5.97 Å². The number of hydrogen-bond acceptors (Lipinski definition) is 6. The first-order valence-corrected chi connectivity index (χ1v) is 11.3. The summed E-state index contributed by atoms with van der Waals surface area (Å²) >= 11 is 0. The van der Waals surface area contributed by atoms with Gasteiger partial charge < -0.3 is 4.74 Å². The van der Waals surface area contributed by atoms with Crippen molar-refractivity contribution < 1.29 is 9.53 Å². The number of aromatic nitrogens is 4. The van der Waals surface area contributed by atoms with Crippen LogP contribution in [0.15, 0.2) is 59.4 Å². The maximum Gasteiger partial charge on any atom is 0.359 e. The lowest BCUT2D eigenvalue weighted by Gasteiger charge is -2.12. The number of carbonyl (C=O) groups excluding carboxylic acids is 1. The zero-order chi connectivity index (χ0) is 24.1. The number of fused-ring (bicyclic) bond motifs is 1. The van der Waals surface area contributed by atoms with Gasteiger partial charge in [-0.25, -0.2) is 14.2 Å². The van der Waals surface area contributed by atoms with Crippen LogP contribution in [-0.4, -0.2) is 25.5 Å². The molecule has 0 aliphatic rings. The van der Waals surface area contributed by atoms with Crippen LogP contribution in [0.2, 0.25) is 0 Å². The number of hydrogen-bond donors (Lipinski definition) is 0. The first-order valence-electron chi connectivity index (χ1n) is 11.3. The molecular weight excluding hydrogens is 430 g/mol. The van der Waals surface area contributed by atoms with Crippen LogP contribution in [-0.2, 0) is 17.9 Å². The van der Waals surface area contributed by atoms with E-state index in [1.807, 2.05) is 30.3 Å². The number of nitriles is 1. The fraction of sp³-hybridized carbons (Fsp3) is 0.269. The average molecular weight is 456 g/mol. The molecule has 0 amide bonds. The van der Waals surface area contributed by atoms with Crippen LogP contribution < -0.4 is 5.56 Å². The first-order chi connectivity index (χ1) is 16.5. The minimum absolute atomic E-state index is 0.0766. The van der Waals surface area contributed by atoms with Crippen LogP contribution >= 0.6 is 0 Å². The van der Waals surface area contributed by atoms with Crippen molar-refractivity contribution in [3.05, 3.63) is 87.6 Å². The van der Waals surface area contributed by atoms with E-state index in [9.17, 15) is 14.9 Å². The molecule has 34 heavy (non-hydrogen) atoms. The van der Waals surface area contributed by atoms with Gasteiger partial charge in [-0.2, -0.15) is 15.5 Å². The van der Waals surface area contributed by atoms with Crippen molar-refractivity contribution in [3.63, 3.8) is 0 Å². The van der Waals surface area contributed by atoms with Crippen LogP contribution in [0.25, 0.3) is 16.5 Å². The number of carbonyl (C=O) groups is 1. The highest BCUT2D eigenvalue weighted by Crippen LogP contribution is 2.20. The largest absolute Gasteiger partial charge is 0.454 e. The molecule has 0 aliphatic heterocycles. The Kier molecular flexibility index (Phi) is 6.83. The van der Waals surface area contributed by atoms with E-state index in [2.05, 4.69) is 23.2 Å². The topological polar surface area (TPSA) is 103 Å². The van der Waals surface area contributed by atoms with Crippen molar-refractivity contribution >= 4 is 16.7 Å². The summed E-state index contributed by atoms with van der Waals surface area (Å²) in [4.78, 5) is 26.0. The summed E-state index contributed by atoms with van der Waals surface area (Å²) in [6.07, 6.45) is 2.75. The zero-order valence-corrected chi connectivity index (χ0v) is 19.2. The molecule has 0 atom stereocenters. The number of benzene rings is 2. The Labute approximate surface area is 197 Å². The Hall–Kier alpha value is -4.25. The molecule has 0 spiro atoms. The Bertz CT molecular complexity index is 1430. The maximum atomic E-state index is 13.2. The summed E-state index contributed by atoms with van der Waals surface area (Å²) in [5.74, 6) is -0.664. The van der Waals surface area contributed by atoms with E-state index in [1.54, 1.807) is 35.9 Å². The maximum absolute atomic E-state index is 13.2. The van der Waals surface area contributed by atoms with E-state index in [0.717, 1.165) is 24.9 Å². The van der Waals surface area contributed by atoms with E-state index >= 15 is 0 Å². The zero-order valence-electron chi connectivity index (χ0n) is 19.2. The van der Waals surface area contributed by atoms with Crippen molar-refractivity contribution in [2.45, 2.75) is 46.3 Å². The lowest BCUT2D eigenvalue weighted by Crippen LogP contribution is -2.26. The Morgan fingerprint density at radius 1 is 1.03 bits per heavy atom. The SMILES string of the molecule is CCCCCn1nc(C(=O)OCc2c(C#N)c(C)nn2-c2ccccc2)c2ccccc2c1=O.